The lowest BCUT2D eigenvalue weighted by molar-refractivity contribution is -0.137. The molecule has 0 atom stereocenters. The summed E-state index contributed by atoms with van der Waals surface area (Å²) in [5.74, 6) is -1.10. The SMILES string of the molecule is COCCOc1ccc(C(F)(F)F)cc1NC(=O)c1ccc(S(=O)(=O)C(F)(F)F)cc1. The lowest BCUT2D eigenvalue weighted by Crippen LogP contribution is -2.23. The van der Waals surface area contributed by atoms with Crippen LogP contribution in [0.1, 0.15) is 15.9 Å². The number of alkyl halides is 6. The number of ether oxygens (including phenoxy) is 2. The maximum absolute atomic E-state index is 13.0. The van der Waals surface area contributed by atoms with Gasteiger partial charge >= 0.3 is 11.7 Å². The Labute approximate surface area is 172 Å². The number of carbonyl (C=O) groups excluding carboxylic acids is 1. The Morgan fingerprint density at radius 3 is 2.10 bits per heavy atom. The molecule has 13 heteroatoms. The summed E-state index contributed by atoms with van der Waals surface area (Å²) < 4.78 is 110. The summed E-state index contributed by atoms with van der Waals surface area (Å²) in [5.41, 5.74) is -7.23. The van der Waals surface area contributed by atoms with Crippen LogP contribution < -0.4 is 10.1 Å². The number of hydrogen-bond donors (Lipinski definition) is 1. The molecule has 0 unspecified atom stereocenters. The monoisotopic (exact) mass is 471 g/mol. The van der Waals surface area contributed by atoms with Gasteiger partial charge < -0.3 is 14.8 Å². The Morgan fingerprint density at radius 1 is 0.968 bits per heavy atom. The van der Waals surface area contributed by atoms with Crippen LogP contribution in [0.4, 0.5) is 32.0 Å². The van der Waals surface area contributed by atoms with Gasteiger partial charge in [0.2, 0.25) is 0 Å². The zero-order valence-corrected chi connectivity index (χ0v) is 16.5. The topological polar surface area (TPSA) is 81.7 Å². The average molecular weight is 471 g/mol. The van der Waals surface area contributed by atoms with E-state index in [0.717, 1.165) is 24.3 Å². The molecule has 2 aromatic carbocycles. The van der Waals surface area contributed by atoms with Crippen molar-refractivity contribution in [3.05, 3.63) is 53.6 Å². The predicted octanol–water partition coefficient (Wildman–Crippen LogP) is 4.28. The number of nitrogens with one attached hydrogen (secondary N) is 1. The number of amides is 1. The molecular formula is C18H15F6NO5S. The van der Waals surface area contributed by atoms with Crippen molar-refractivity contribution < 1.29 is 49.0 Å². The van der Waals surface area contributed by atoms with Crippen molar-refractivity contribution in [2.45, 2.75) is 16.6 Å². The number of carbonyl (C=O) groups is 1. The van der Waals surface area contributed by atoms with Gasteiger partial charge in [-0.2, -0.15) is 26.3 Å². The van der Waals surface area contributed by atoms with Crippen molar-refractivity contribution in [2.75, 3.05) is 25.6 Å². The van der Waals surface area contributed by atoms with Crippen LogP contribution in [-0.2, 0) is 20.8 Å². The number of rotatable bonds is 7. The highest BCUT2D eigenvalue weighted by molar-refractivity contribution is 7.92. The van der Waals surface area contributed by atoms with Crippen LogP contribution >= 0.6 is 0 Å². The van der Waals surface area contributed by atoms with Crippen LogP contribution in [0.5, 0.6) is 5.75 Å². The van der Waals surface area contributed by atoms with E-state index in [4.69, 9.17) is 9.47 Å². The number of methoxy groups -OCH3 is 1. The number of sulfone groups is 1. The fourth-order valence-corrected chi connectivity index (χ4v) is 3.04. The molecule has 0 saturated carbocycles. The summed E-state index contributed by atoms with van der Waals surface area (Å²) in [6, 6.07) is 5.10. The molecule has 0 fully saturated rings. The van der Waals surface area contributed by atoms with E-state index in [2.05, 4.69) is 5.32 Å². The maximum Gasteiger partial charge on any atom is 0.501 e. The summed E-state index contributed by atoms with van der Waals surface area (Å²) in [7, 11) is -4.23. The highest BCUT2D eigenvalue weighted by Gasteiger charge is 2.46. The summed E-state index contributed by atoms with van der Waals surface area (Å²) >= 11 is 0. The average Bonchev–Trinajstić information content (AvgIpc) is 2.67. The third kappa shape index (κ3) is 5.88. The number of benzene rings is 2. The minimum absolute atomic E-state index is 0.0330. The van der Waals surface area contributed by atoms with E-state index in [0.29, 0.717) is 18.2 Å². The highest BCUT2D eigenvalue weighted by Crippen LogP contribution is 2.35. The minimum Gasteiger partial charge on any atom is -0.489 e. The molecule has 0 heterocycles. The van der Waals surface area contributed by atoms with Gasteiger partial charge in [-0.15, -0.1) is 0 Å². The molecule has 0 aliphatic carbocycles. The summed E-state index contributed by atoms with van der Waals surface area (Å²) in [6.07, 6.45) is -4.71. The molecule has 170 valence electrons. The second-order valence-corrected chi connectivity index (χ2v) is 7.92. The van der Waals surface area contributed by atoms with Gasteiger partial charge in [0.1, 0.15) is 12.4 Å². The fourth-order valence-electron chi connectivity index (χ4n) is 2.28. The van der Waals surface area contributed by atoms with E-state index >= 15 is 0 Å². The molecule has 2 aromatic rings. The molecule has 0 bridgehead atoms. The van der Waals surface area contributed by atoms with Crippen molar-refractivity contribution in [1.82, 2.24) is 0 Å². The van der Waals surface area contributed by atoms with Crippen LogP contribution in [-0.4, -0.2) is 40.2 Å². The van der Waals surface area contributed by atoms with Gasteiger partial charge in [0.15, 0.2) is 0 Å². The van der Waals surface area contributed by atoms with Gasteiger partial charge in [0, 0.05) is 12.7 Å². The van der Waals surface area contributed by atoms with Gasteiger partial charge in [-0.25, -0.2) is 8.42 Å². The van der Waals surface area contributed by atoms with Gasteiger partial charge in [0.05, 0.1) is 22.8 Å². The molecule has 0 aromatic heterocycles. The molecule has 0 saturated heterocycles. The second-order valence-electron chi connectivity index (χ2n) is 5.98. The fraction of sp³-hybridized carbons (Fsp3) is 0.278. The van der Waals surface area contributed by atoms with E-state index in [1.165, 1.54) is 7.11 Å². The van der Waals surface area contributed by atoms with E-state index in [1.54, 1.807) is 0 Å². The molecule has 0 aliphatic rings. The van der Waals surface area contributed by atoms with Crippen molar-refractivity contribution in [2.24, 2.45) is 0 Å². The number of halogens is 6. The Balaban J connectivity index is 2.31. The molecule has 0 radical (unpaired) electrons. The molecule has 2 rings (SSSR count). The van der Waals surface area contributed by atoms with Gasteiger partial charge in [-0.3, -0.25) is 4.79 Å². The zero-order chi connectivity index (χ0) is 23.4. The van der Waals surface area contributed by atoms with Crippen LogP contribution in [0, 0.1) is 0 Å². The Morgan fingerprint density at radius 2 is 1.58 bits per heavy atom. The van der Waals surface area contributed by atoms with Gasteiger partial charge in [0.25, 0.3) is 15.7 Å². The smallest absolute Gasteiger partial charge is 0.489 e. The van der Waals surface area contributed by atoms with E-state index in [1.807, 2.05) is 0 Å². The largest absolute Gasteiger partial charge is 0.501 e. The van der Waals surface area contributed by atoms with Crippen molar-refractivity contribution >= 4 is 21.4 Å². The summed E-state index contributed by atoms with van der Waals surface area (Å²) in [4.78, 5) is 11.3. The van der Waals surface area contributed by atoms with Crippen molar-refractivity contribution in [3.8, 4) is 5.75 Å². The highest BCUT2D eigenvalue weighted by atomic mass is 32.2. The van der Waals surface area contributed by atoms with Gasteiger partial charge in [-0.05, 0) is 42.5 Å². The van der Waals surface area contributed by atoms with Crippen LogP contribution in [0.15, 0.2) is 47.4 Å². The van der Waals surface area contributed by atoms with Gasteiger partial charge in [-0.1, -0.05) is 0 Å². The maximum atomic E-state index is 13.0. The first-order chi connectivity index (χ1) is 14.3. The summed E-state index contributed by atoms with van der Waals surface area (Å²) in [6.45, 7) is 0.0816. The number of anilines is 1. The molecule has 0 spiro atoms. The molecule has 6 nitrogen and oxygen atoms in total. The quantitative estimate of drug-likeness (QED) is 0.482. The predicted molar refractivity (Wildman–Crippen MR) is 96.5 cm³/mol. The van der Waals surface area contributed by atoms with Crippen molar-refractivity contribution in [3.63, 3.8) is 0 Å². The third-order valence-corrected chi connectivity index (χ3v) is 5.33. The number of hydrogen-bond acceptors (Lipinski definition) is 5. The van der Waals surface area contributed by atoms with Crippen LogP contribution in [0.2, 0.25) is 0 Å². The second kappa shape index (κ2) is 9.14. The third-order valence-electron chi connectivity index (χ3n) is 3.83. The molecule has 1 amide bonds. The zero-order valence-electron chi connectivity index (χ0n) is 15.7. The van der Waals surface area contributed by atoms with Crippen LogP contribution in [0.25, 0.3) is 0 Å². The summed E-state index contributed by atoms with van der Waals surface area (Å²) in [5, 5.41) is 2.18. The Hall–Kier alpha value is -2.80. The van der Waals surface area contributed by atoms with E-state index in [9.17, 15) is 39.6 Å². The minimum atomic E-state index is -5.61. The Kier molecular flexibility index (Phi) is 7.21. The molecule has 1 N–H and O–H groups in total. The first kappa shape index (κ1) is 24.5. The normalized spacial score (nSPS) is 12.5. The lowest BCUT2D eigenvalue weighted by atomic mass is 10.1. The van der Waals surface area contributed by atoms with Crippen molar-refractivity contribution in [1.29, 1.82) is 0 Å². The molecule has 0 aliphatic heterocycles. The first-order valence-electron chi connectivity index (χ1n) is 8.33. The van der Waals surface area contributed by atoms with E-state index < -0.39 is 37.9 Å². The Bertz CT molecular complexity index is 1030. The van der Waals surface area contributed by atoms with Crippen LogP contribution in [0.3, 0.4) is 0 Å². The first-order valence-corrected chi connectivity index (χ1v) is 9.81. The molecule has 31 heavy (non-hydrogen) atoms. The lowest BCUT2D eigenvalue weighted by Gasteiger charge is -2.15. The standard InChI is InChI=1S/C18H15F6NO5S/c1-29-8-9-30-15-7-4-12(17(19,20)21)10-14(15)25-16(26)11-2-5-13(6-3-11)31(27,28)18(22,23)24/h2-7,10H,8-9H2,1H3,(H,25,26). The molecular weight excluding hydrogens is 456 g/mol. The van der Waals surface area contributed by atoms with E-state index in [-0.39, 0.29) is 30.2 Å².